The van der Waals surface area contributed by atoms with E-state index in [1.807, 2.05) is 0 Å². The maximum Gasteiger partial charge on any atom is 0.318 e. The lowest BCUT2D eigenvalue weighted by Gasteiger charge is -2.31. The molecule has 21 heavy (non-hydrogen) atoms. The molecule has 0 spiro atoms. The first kappa shape index (κ1) is 17.7. The number of halogens is 1. The third kappa shape index (κ3) is 5.49. The number of rotatable bonds is 5. The van der Waals surface area contributed by atoms with Crippen LogP contribution in [-0.4, -0.2) is 35.9 Å². The maximum absolute atomic E-state index is 12.3. The normalized spacial score (nSPS) is 13.0. The zero-order valence-electron chi connectivity index (χ0n) is 12.1. The van der Waals surface area contributed by atoms with Crippen LogP contribution in [0.4, 0.5) is 0 Å². The van der Waals surface area contributed by atoms with Gasteiger partial charge in [-0.25, -0.2) is 8.42 Å². The van der Waals surface area contributed by atoms with E-state index in [0.717, 1.165) is 9.71 Å². The second-order valence-electron chi connectivity index (χ2n) is 5.47. The van der Waals surface area contributed by atoms with Gasteiger partial charge < -0.3 is 5.11 Å². The third-order valence-electron chi connectivity index (χ3n) is 2.64. The zero-order valence-corrected chi connectivity index (χ0v) is 13.6. The number of hydrogen-bond donors (Lipinski definition) is 1. The summed E-state index contributed by atoms with van der Waals surface area (Å²) in [6.07, 6.45) is 1.41. The van der Waals surface area contributed by atoms with Crippen molar-refractivity contribution >= 4 is 33.7 Å². The first-order chi connectivity index (χ1) is 9.52. The van der Waals surface area contributed by atoms with Crippen LogP contribution in [0, 0.1) is 0 Å². The van der Waals surface area contributed by atoms with E-state index in [2.05, 4.69) is 0 Å². The van der Waals surface area contributed by atoms with Crippen LogP contribution in [0.5, 0.6) is 0 Å². The molecule has 1 aromatic carbocycles. The van der Waals surface area contributed by atoms with Crippen LogP contribution in [0.3, 0.4) is 0 Å². The number of nitrogens with zero attached hydrogens (tertiary/aromatic N) is 1. The van der Waals surface area contributed by atoms with Crippen LogP contribution >= 0.6 is 11.6 Å². The third-order valence-corrected chi connectivity index (χ3v) is 4.66. The van der Waals surface area contributed by atoms with Gasteiger partial charge in [-0.3, -0.25) is 4.79 Å². The Bertz CT molecular complexity index is 630. The standard InChI is InChI=1S/C14H18ClNO4S/c1-14(2,3)16(10-13(17)18)21(19,20)9-8-11-4-6-12(15)7-5-11/h4-9H,10H2,1-3H3,(H,17,18). The highest BCUT2D eigenvalue weighted by molar-refractivity contribution is 7.92. The van der Waals surface area contributed by atoms with Gasteiger partial charge in [0.15, 0.2) is 0 Å². The molecule has 0 saturated carbocycles. The average molecular weight is 332 g/mol. The van der Waals surface area contributed by atoms with E-state index in [4.69, 9.17) is 16.7 Å². The van der Waals surface area contributed by atoms with Gasteiger partial charge in [0, 0.05) is 16.0 Å². The van der Waals surface area contributed by atoms with Crippen LogP contribution in [0.15, 0.2) is 29.7 Å². The highest BCUT2D eigenvalue weighted by Crippen LogP contribution is 2.20. The zero-order chi connectivity index (χ0) is 16.3. The van der Waals surface area contributed by atoms with Crippen molar-refractivity contribution in [2.75, 3.05) is 6.54 Å². The number of aliphatic carboxylic acids is 1. The molecule has 116 valence electrons. The number of carboxylic acids is 1. The molecular weight excluding hydrogens is 314 g/mol. The van der Waals surface area contributed by atoms with E-state index in [-0.39, 0.29) is 0 Å². The fourth-order valence-corrected chi connectivity index (χ4v) is 3.30. The molecule has 0 aliphatic heterocycles. The maximum atomic E-state index is 12.3. The lowest BCUT2D eigenvalue weighted by Crippen LogP contribution is -2.47. The molecule has 0 radical (unpaired) electrons. The SMILES string of the molecule is CC(C)(C)N(CC(=O)O)S(=O)(=O)C=Cc1ccc(Cl)cc1. The van der Waals surface area contributed by atoms with Crippen molar-refractivity contribution in [1.82, 2.24) is 4.31 Å². The lowest BCUT2D eigenvalue weighted by molar-refractivity contribution is -0.138. The van der Waals surface area contributed by atoms with Crippen LogP contribution < -0.4 is 0 Å². The molecule has 0 fully saturated rings. The minimum Gasteiger partial charge on any atom is -0.480 e. The fraction of sp³-hybridized carbons (Fsp3) is 0.357. The fourth-order valence-electron chi connectivity index (χ4n) is 1.64. The van der Waals surface area contributed by atoms with Gasteiger partial charge in [-0.15, -0.1) is 0 Å². The predicted octanol–water partition coefficient (Wildman–Crippen LogP) is 2.83. The molecule has 0 saturated heterocycles. The van der Waals surface area contributed by atoms with Crippen molar-refractivity contribution in [2.45, 2.75) is 26.3 Å². The number of sulfonamides is 1. The van der Waals surface area contributed by atoms with E-state index < -0.39 is 28.1 Å². The summed E-state index contributed by atoms with van der Waals surface area (Å²) in [6.45, 7) is 4.34. The smallest absolute Gasteiger partial charge is 0.318 e. The Hall–Kier alpha value is -1.37. The molecule has 0 heterocycles. The molecule has 0 aliphatic carbocycles. The number of hydrogen-bond acceptors (Lipinski definition) is 3. The summed E-state index contributed by atoms with van der Waals surface area (Å²) in [5.41, 5.74) is -0.172. The van der Waals surface area contributed by atoms with E-state index >= 15 is 0 Å². The molecule has 1 rings (SSSR count). The first-order valence-electron chi connectivity index (χ1n) is 6.21. The lowest BCUT2D eigenvalue weighted by atomic mass is 10.1. The van der Waals surface area contributed by atoms with Crippen LogP contribution in [0.2, 0.25) is 5.02 Å². The summed E-state index contributed by atoms with van der Waals surface area (Å²) in [5.74, 6) is -1.20. The van der Waals surface area contributed by atoms with Crippen molar-refractivity contribution in [1.29, 1.82) is 0 Å². The molecule has 0 amide bonds. The Labute approximate surface area is 129 Å². The molecule has 0 bridgehead atoms. The van der Waals surface area contributed by atoms with Crippen LogP contribution in [0.25, 0.3) is 6.08 Å². The quantitative estimate of drug-likeness (QED) is 0.900. The van der Waals surface area contributed by atoms with E-state index in [1.165, 1.54) is 6.08 Å². The summed E-state index contributed by atoms with van der Waals surface area (Å²) < 4.78 is 25.5. The van der Waals surface area contributed by atoms with Crippen molar-refractivity contribution in [2.24, 2.45) is 0 Å². The van der Waals surface area contributed by atoms with E-state index in [0.29, 0.717) is 10.6 Å². The predicted molar refractivity (Wildman–Crippen MR) is 83.5 cm³/mol. The topological polar surface area (TPSA) is 74.7 Å². The Morgan fingerprint density at radius 3 is 2.24 bits per heavy atom. The van der Waals surface area contributed by atoms with Crippen molar-refractivity contribution in [3.8, 4) is 0 Å². The van der Waals surface area contributed by atoms with Gasteiger partial charge in [0.2, 0.25) is 10.0 Å². The molecule has 0 aliphatic rings. The molecule has 7 heteroatoms. The van der Waals surface area contributed by atoms with Gasteiger partial charge in [0.1, 0.15) is 6.54 Å². The Kier molecular flexibility index (Phi) is 5.55. The van der Waals surface area contributed by atoms with E-state index in [9.17, 15) is 13.2 Å². The summed E-state index contributed by atoms with van der Waals surface area (Å²) in [5, 5.41) is 10.4. The van der Waals surface area contributed by atoms with Gasteiger partial charge in [0.05, 0.1) is 0 Å². The Balaban J connectivity index is 3.06. The number of benzene rings is 1. The number of carbonyl (C=O) groups is 1. The largest absolute Gasteiger partial charge is 0.480 e. The summed E-state index contributed by atoms with van der Waals surface area (Å²) in [7, 11) is -3.84. The Morgan fingerprint density at radius 2 is 1.81 bits per heavy atom. The second-order valence-corrected chi connectivity index (χ2v) is 7.65. The monoisotopic (exact) mass is 331 g/mol. The van der Waals surface area contributed by atoms with Gasteiger partial charge in [-0.1, -0.05) is 23.7 Å². The number of carboxylic acid groups (broad SMARTS) is 1. The molecular formula is C14H18ClNO4S. The van der Waals surface area contributed by atoms with Crippen molar-refractivity contribution in [3.63, 3.8) is 0 Å². The van der Waals surface area contributed by atoms with Crippen LogP contribution in [-0.2, 0) is 14.8 Å². The van der Waals surface area contributed by atoms with Gasteiger partial charge in [-0.2, -0.15) is 4.31 Å². The molecule has 5 nitrogen and oxygen atoms in total. The van der Waals surface area contributed by atoms with Gasteiger partial charge in [0.25, 0.3) is 0 Å². The molecule has 1 aromatic rings. The highest BCUT2D eigenvalue weighted by Gasteiger charge is 2.32. The van der Waals surface area contributed by atoms with Gasteiger partial charge >= 0.3 is 5.97 Å². The van der Waals surface area contributed by atoms with Crippen molar-refractivity contribution < 1.29 is 18.3 Å². The molecule has 1 N–H and O–H groups in total. The highest BCUT2D eigenvalue weighted by atomic mass is 35.5. The van der Waals surface area contributed by atoms with Crippen LogP contribution in [0.1, 0.15) is 26.3 Å². The van der Waals surface area contributed by atoms with E-state index in [1.54, 1.807) is 45.0 Å². The summed E-state index contributed by atoms with van der Waals surface area (Å²) >= 11 is 5.75. The summed E-state index contributed by atoms with van der Waals surface area (Å²) in [4.78, 5) is 10.9. The molecule has 0 aromatic heterocycles. The minimum atomic E-state index is -3.84. The summed E-state index contributed by atoms with van der Waals surface area (Å²) in [6, 6.07) is 6.64. The van der Waals surface area contributed by atoms with Gasteiger partial charge in [-0.05, 0) is 44.5 Å². The average Bonchev–Trinajstić information content (AvgIpc) is 2.34. The second kappa shape index (κ2) is 6.60. The van der Waals surface area contributed by atoms with Crippen molar-refractivity contribution in [3.05, 3.63) is 40.3 Å². The first-order valence-corrected chi connectivity index (χ1v) is 8.09. The molecule has 0 unspecified atom stereocenters. The Morgan fingerprint density at radius 1 is 1.29 bits per heavy atom. The molecule has 0 atom stereocenters. The minimum absolute atomic E-state index is 0.553.